The number of ether oxygens (including phenoxy) is 2. The van der Waals surface area contributed by atoms with Crippen LogP contribution in [-0.2, 0) is 14.3 Å². The molecule has 1 spiro atoms. The maximum atomic E-state index is 10.7. The average molecular weight is 284 g/mol. The molecule has 0 amide bonds. The largest absolute Gasteiger partial charge is 0.348 e. The molecule has 0 atom stereocenters. The molecule has 3 N–H and O–H groups in total. The van der Waals surface area contributed by atoms with Gasteiger partial charge in [-0.05, 0) is 32.7 Å². The number of Topliss-reactive ketones (excluding diaryl/α,β-unsaturated/α-hetero) is 1. The summed E-state index contributed by atoms with van der Waals surface area (Å²) >= 11 is 0. The van der Waals surface area contributed by atoms with Gasteiger partial charge in [-0.2, -0.15) is 0 Å². The number of carbonyl (C=O) groups excluding carboxylic acids is 1. The molecule has 3 fully saturated rings. The Kier molecular flexibility index (Phi) is 5.96. The van der Waals surface area contributed by atoms with E-state index in [1.165, 1.54) is 0 Å². The normalized spacial score (nSPS) is 27.4. The van der Waals surface area contributed by atoms with E-state index in [0.29, 0.717) is 17.9 Å². The highest BCUT2D eigenvalue weighted by Crippen LogP contribution is 2.34. The van der Waals surface area contributed by atoms with Gasteiger partial charge in [-0.1, -0.05) is 0 Å². The van der Waals surface area contributed by atoms with Crippen LogP contribution in [0.2, 0.25) is 0 Å². The van der Waals surface area contributed by atoms with Gasteiger partial charge in [-0.15, -0.1) is 0 Å². The molecule has 3 aliphatic rings. The number of nitrogens with one attached hydrogen (secondary N) is 1. The first-order chi connectivity index (χ1) is 9.63. The molecule has 0 bridgehead atoms. The van der Waals surface area contributed by atoms with Crippen molar-refractivity contribution >= 4 is 5.78 Å². The molecule has 1 saturated heterocycles. The maximum absolute atomic E-state index is 10.7. The van der Waals surface area contributed by atoms with Gasteiger partial charge in [0.15, 0.2) is 5.79 Å². The highest BCUT2D eigenvalue weighted by atomic mass is 16.7. The number of carbonyl (C=O) groups is 1. The Bertz CT molecular complexity index is 296. The van der Waals surface area contributed by atoms with E-state index in [0.717, 1.165) is 64.6 Å². The first-order valence-electron chi connectivity index (χ1n) is 7.86. The molecule has 0 aromatic rings. The Hall–Kier alpha value is -0.490. The number of nitrogens with two attached hydrogens (primary N) is 1. The predicted molar refractivity (Wildman–Crippen MR) is 77.4 cm³/mol. The first kappa shape index (κ1) is 15.9. The zero-order valence-electron chi connectivity index (χ0n) is 12.5. The molecule has 1 aliphatic heterocycles. The van der Waals surface area contributed by atoms with Crippen LogP contribution in [0.1, 0.15) is 51.4 Å². The Balaban J connectivity index is 0.000000151. The molecule has 5 nitrogen and oxygen atoms in total. The van der Waals surface area contributed by atoms with Crippen LogP contribution >= 0.6 is 0 Å². The minimum atomic E-state index is -0.226. The third-order valence-electron chi connectivity index (χ3n) is 4.56. The summed E-state index contributed by atoms with van der Waals surface area (Å²) in [6.07, 6.45) is 7.68. The van der Waals surface area contributed by atoms with Crippen LogP contribution in [0.3, 0.4) is 0 Å². The van der Waals surface area contributed by atoms with Crippen LogP contribution in [-0.4, -0.2) is 43.9 Å². The van der Waals surface area contributed by atoms with Crippen molar-refractivity contribution in [2.24, 2.45) is 5.73 Å². The van der Waals surface area contributed by atoms with Crippen molar-refractivity contribution in [3.8, 4) is 0 Å². The molecular weight excluding hydrogens is 256 g/mol. The summed E-state index contributed by atoms with van der Waals surface area (Å²) in [6.45, 7) is 1.52. The van der Waals surface area contributed by atoms with Gasteiger partial charge in [-0.3, -0.25) is 4.79 Å². The maximum Gasteiger partial charge on any atom is 0.168 e. The molecule has 20 heavy (non-hydrogen) atoms. The lowest BCUT2D eigenvalue weighted by molar-refractivity contribution is -0.178. The summed E-state index contributed by atoms with van der Waals surface area (Å²) in [7, 11) is 1.96. The van der Waals surface area contributed by atoms with Crippen molar-refractivity contribution in [2.45, 2.75) is 69.2 Å². The van der Waals surface area contributed by atoms with Crippen molar-refractivity contribution in [1.82, 2.24) is 5.32 Å². The molecule has 0 aromatic heterocycles. The van der Waals surface area contributed by atoms with E-state index in [4.69, 9.17) is 15.2 Å². The van der Waals surface area contributed by atoms with Crippen LogP contribution in [0.15, 0.2) is 0 Å². The highest BCUT2D eigenvalue weighted by molar-refractivity contribution is 5.79. The summed E-state index contributed by atoms with van der Waals surface area (Å²) in [5, 5.41) is 3.17. The molecule has 0 aromatic carbocycles. The molecule has 0 radical (unpaired) electrons. The predicted octanol–water partition coefficient (Wildman–Crippen LogP) is 1.35. The summed E-state index contributed by atoms with van der Waals surface area (Å²) in [5.41, 5.74) is 5.77. The SMILES string of the molecule is CNC1CCC(=O)CC1.NC1CCC2(CC1)OCCO2. The van der Waals surface area contributed by atoms with E-state index < -0.39 is 0 Å². The fourth-order valence-electron chi connectivity index (χ4n) is 3.09. The number of ketones is 1. The second-order valence-corrected chi connectivity index (χ2v) is 6.05. The fraction of sp³-hybridized carbons (Fsp3) is 0.933. The van der Waals surface area contributed by atoms with Gasteiger partial charge < -0.3 is 20.5 Å². The topological polar surface area (TPSA) is 73.6 Å². The Labute approximate surface area is 121 Å². The second-order valence-electron chi connectivity index (χ2n) is 6.05. The Morgan fingerprint density at radius 3 is 2.15 bits per heavy atom. The number of rotatable bonds is 1. The van der Waals surface area contributed by atoms with Gasteiger partial charge in [0, 0.05) is 37.8 Å². The van der Waals surface area contributed by atoms with Gasteiger partial charge in [0.05, 0.1) is 13.2 Å². The van der Waals surface area contributed by atoms with Crippen LogP contribution in [0.4, 0.5) is 0 Å². The van der Waals surface area contributed by atoms with Crippen molar-refractivity contribution in [2.75, 3.05) is 20.3 Å². The lowest BCUT2D eigenvalue weighted by Crippen LogP contribution is -2.39. The fourth-order valence-corrected chi connectivity index (χ4v) is 3.09. The van der Waals surface area contributed by atoms with Gasteiger partial charge in [0.1, 0.15) is 5.78 Å². The monoisotopic (exact) mass is 284 g/mol. The second kappa shape index (κ2) is 7.50. The number of hydrogen-bond donors (Lipinski definition) is 2. The zero-order valence-corrected chi connectivity index (χ0v) is 12.5. The third-order valence-corrected chi connectivity index (χ3v) is 4.56. The standard InChI is InChI=1S/C8H15NO2.C7H13NO/c9-7-1-3-8(4-2-7)10-5-6-11-8;1-8-6-2-4-7(9)5-3-6/h7H,1-6,9H2;6,8H,2-5H2,1H3. The van der Waals surface area contributed by atoms with Crippen molar-refractivity contribution in [1.29, 1.82) is 0 Å². The van der Waals surface area contributed by atoms with Crippen LogP contribution in [0, 0.1) is 0 Å². The molecule has 116 valence electrons. The molecular formula is C15H28N2O3. The molecule has 2 saturated carbocycles. The van der Waals surface area contributed by atoms with Crippen LogP contribution in [0.5, 0.6) is 0 Å². The molecule has 1 heterocycles. The first-order valence-corrected chi connectivity index (χ1v) is 7.86. The van der Waals surface area contributed by atoms with Crippen LogP contribution < -0.4 is 11.1 Å². The lowest BCUT2D eigenvalue weighted by Gasteiger charge is -2.33. The smallest absolute Gasteiger partial charge is 0.168 e. The lowest BCUT2D eigenvalue weighted by atomic mass is 9.91. The van der Waals surface area contributed by atoms with E-state index in [1.807, 2.05) is 7.05 Å². The van der Waals surface area contributed by atoms with Gasteiger partial charge in [0.2, 0.25) is 0 Å². The zero-order chi connectivity index (χ0) is 14.4. The number of hydrogen-bond acceptors (Lipinski definition) is 5. The van der Waals surface area contributed by atoms with Crippen molar-refractivity contribution in [3.05, 3.63) is 0 Å². The minimum Gasteiger partial charge on any atom is -0.348 e. The molecule has 5 heteroatoms. The van der Waals surface area contributed by atoms with Crippen molar-refractivity contribution < 1.29 is 14.3 Å². The summed E-state index contributed by atoms with van der Waals surface area (Å²) in [5.74, 6) is 0.206. The van der Waals surface area contributed by atoms with E-state index in [-0.39, 0.29) is 5.79 Å². The average Bonchev–Trinajstić information content (AvgIpc) is 2.93. The van der Waals surface area contributed by atoms with Gasteiger partial charge in [0.25, 0.3) is 0 Å². The van der Waals surface area contributed by atoms with Crippen LogP contribution in [0.25, 0.3) is 0 Å². The quantitative estimate of drug-likeness (QED) is 0.760. The van der Waals surface area contributed by atoms with E-state index >= 15 is 0 Å². The van der Waals surface area contributed by atoms with Gasteiger partial charge >= 0.3 is 0 Å². The Morgan fingerprint density at radius 1 is 1.10 bits per heavy atom. The minimum absolute atomic E-state index is 0.226. The molecule has 2 aliphatic carbocycles. The molecule has 0 unspecified atom stereocenters. The van der Waals surface area contributed by atoms with E-state index in [1.54, 1.807) is 0 Å². The summed E-state index contributed by atoms with van der Waals surface area (Å²) in [4.78, 5) is 10.7. The van der Waals surface area contributed by atoms with E-state index in [9.17, 15) is 4.79 Å². The van der Waals surface area contributed by atoms with Gasteiger partial charge in [-0.25, -0.2) is 0 Å². The highest BCUT2D eigenvalue weighted by Gasteiger charge is 2.39. The van der Waals surface area contributed by atoms with E-state index in [2.05, 4.69) is 5.32 Å². The summed E-state index contributed by atoms with van der Waals surface area (Å²) < 4.78 is 11.1. The summed E-state index contributed by atoms with van der Waals surface area (Å²) in [6, 6.07) is 0.969. The third kappa shape index (κ3) is 4.52. The van der Waals surface area contributed by atoms with Crippen molar-refractivity contribution in [3.63, 3.8) is 0 Å². The Morgan fingerprint density at radius 2 is 1.65 bits per heavy atom. The molecule has 3 rings (SSSR count).